The Balaban J connectivity index is 1.85. The minimum atomic E-state index is 0.270. The van der Waals surface area contributed by atoms with Crippen molar-refractivity contribution >= 4 is 19.2 Å². The summed E-state index contributed by atoms with van der Waals surface area (Å²) in [5, 5.41) is 2.62. The molecule has 0 aliphatic heterocycles. The Hall–Kier alpha value is -1.93. The largest absolute Gasteiger partial charge is 0.467 e. The van der Waals surface area contributed by atoms with E-state index in [1.54, 1.807) is 7.11 Å². The number of hydrogen-bond acceptors (Lipinski definition) is 3. The highest BCUT2D eigenvalue weighted by molar-refractivity contribution is 7.55. The van der Waals surface area contributed by atoms with Crippen molar-refractivity contribution in [2.75, 3.05) is 28.0 Å². The summed E-state index contributed by atoms with van der Waals surface area (Å²) < 4.78 is 11.0. The summed E-state index contributed by atoms with van der Waals surface area (Å²) in [5.74, 6) is 1.50. The van der Waals surface area contributed by atoms with Gasteiger partial charge in [0, 0.05) is 19.0 Å². The van der Waals surface area contributed by atoms with Crippen LogP contribution in [0.15, 0.2) is 66.8 Å². The van der Waals surface area contributed by atoms with E-state index in [0.717, 1.165) is 25.1 Å². The lowest BCUT2D eigenvalue weighted by molar-refractivity contribution is 0.0519. The number of ether oxygens (including phenoxy) is 2. The summed E-state index contributed by atoms with van der Waals surface area (Å²) in [6.45, 7) is 1.21. The lowest BCUT2D eigenvalue weighted by Crippen LogP contribution is -2.18. The SMILES string of the molecule is COCOc1ccc(CC2C=CC=CC2)cc1Pc1ccccc1CN(C)C. The molecule has 3 nitrogen and oxygen atoms in total. The summed E-state index contributed by atoms with van der Waals surface area (Å²) in [6, 6.07) is 15.3. The molecule has 0 amide bonds. The summed E-state index contributed by atoms with van der Waals surface area (Å²) in [4.78, 5) is 2.21. The van der Waals surface area contributed by atoms with E-state index in [-0.39, 0.29) is 6.79 Å². The van der Waals surface area contributed by atoms with Crippen molar-refractivity contribution in [1.82, 2.24) is 4.90 Å². The summed E-state index contributed by atoms with van der Waals surface area (Å²) >= 11 is 0. The third kappa shape index (κ3) is 6.04. The fourth-order valence-electron chi connectivity index (χ4n) is 3.40. The van der Waals surface area contributed by atoms with Gasteiger partial charge in [0.1, 0.15) is 5.75 Å². The van der Waals surface area contributed by atoms with Crippen LogP contribution in [0.25, 0.3) is 0 Å². The van der Waals surface area contributed by atoms with Crippen LogP contribution in [0.1, 0.15) is 17.5 Å². The standard InChI is InChI=1S/C24H30NO2P/c1-25(2)17-21-11-7-8-12-23(21)28-24-16-20(13-14-22(24)27-18-26-3)15-19-9-5-4-6-10-19/h4-9,11-14,16,19,28H,10,15,17-18H2,1-3H3. The first-order chi connectivity index (χ1) is 13.7. The van der Waals surface area contributed by atoms with Crippen LogP contribution in [-0.2, 0) is 17.7 Å². The van der Waals surface area contributed by atoms with Crippen LogP contribution in [0.2, 0.25) is 0 Å². The van der Waals surface area contributed by atoms with Gasteiger partial charge in [-0.15, -0.1) is 0 Å². The van der Waals surface area contributed by atoms with Gasteiger partial charge in [-0.3, -0.25) is 0 Å². The molecule has 1 aliphatic rings. The number of allylic oxidation sites excluding steroid dienone is 4. The van der Waals surface area contributed by atoms with Crippen molar-refractivity contribution in [2.24, 2.45) is 5.92 Å². The van der Waals surface area contributed by atoms with Gasteiger partial charge >= 0.3 is 0 Å². The molecular formula is C24H30NO2P. The zero-order chi connectivity index (χ0) is 19.8. The molecule has 0 saturated heterocycles. The zero-order valence-electron chi connectivity index (χ0n) is 17.0. The van der Waals surface area contributed by atoms with Gasteiger partial charge in [0.2, 0.25) is 0 Å². The topological polar surface area (TPSA) is 21.7 Å². The molecule has 2 aromatic rings. The van der Waals surface area contributed by atoms with Gasteiger partial charge in [-0.05, 0) is 61.4 Å². The van der Waals surface area contributed by atoms with Gasteiger partial charge in [0.25, 0.3) is 0 Å². The maximum Gasteiger partial charge on any atom is 0.188 e. The van der Waals surface area contributed by atoms with E-state index in [4.69, 9.17) is 9.47 Å². The van der Waals surface area contributed by atoms with Crippen LogP contribution in [0.5, 0.6) is 5.75 Å². The molecule has 2 aromatic carbocycles. The minimum Gasteiger partial charge on any atom is -0.467 e. The van der Waals surface area contributed by atoms with E-state index in [1.807, 2.05) is 0 Å². The molecule has 0 saturated carbocycles. The highest BCUT2D eigenvalue weighted by Gasteiger charge is 2.12. The molecule has 0 heterocycles. The van der Waals surface area contributed by atoms with Gasteiger partial charge in [0.15, 0.2) is 6.79 Å². The normalized spacial score (nSPS) is 16.4. The van der Waals surface area contributed by atoms with Crippen LogP contribution in [0.3, 0.4) is 0 Å². The van der Waals surface area contributed by atoms with Crippen molar-refractivity contribution < 1.29 is 9.47 Å². The van der Waals surface area contributed by atoms with Gasteiger partial charge in [-0.1, -0.05) is 63.2 Å². The Bertz CT molecular complexity index is 829. The van der Waals surface area contributed by atoms with E-state index >= 15 is 0 Å². The average Bonchev–Trinajstić information content (AvgIpc) is 2.69. The predicted octanol–water partition coefficient (Wildman–Crippen LogP) is 4.04. The molecule has 0 N–H and O–H groups in total. The molecular weight excluding hydrogens is 365 g/mol. The van der Waals surface area contributed by atoms with Crippen molar-refractivity contribution in [1.29, 1.82) is 0 Å². The molecule has 0 radical (unpaired) electrons. The molecule has 148 valence electrons. The quantitative estimate of drug-likeness (QED) is 0.473. The number of benzene rings is 2. The highest BCUT2D eigenvalue weighted by Crippen LogP contribution is 2.25. The Kier molecular flexibility index (Phi) is 7.85. The van der Waals surface area contributed by atoms with Crippen LogP contribution < -0.4 is 15.3 Å². The zero-order valence-corrected chi connectivity index (χ0v) is 18.0. The first-order valence-electron chi connectivity index (χ1n) is 9.73. The molecule has 28 heavy (non-hydrogen) atoms. The Labute approximate surface area is 170 Å². The Morgan fingerprint density at radius 1 is 1.07 bits per heavy atom. The third-order valence-corrected chi connectivity index (χ3v) is 6.13. The first-order valence-corrected chi connectivity index (χ1v) is 10.7. The molecule has 1 aliphatic carbocycles. The molecule has 0 aromatic heterocycles. The van der Waals surface area contributed by atoms with Gasteiger partial charge in [-0.25, -0.2) is 0 Å². The summed E-state index contributed by atoms with van der Waals surface area (Å²) in [6.07, 6.45) is 11.0. The Morgan fingerprint density at radius 3 is 2.68 bits per heavy atom. The third-order valence-electron chi connectivity index (χ3n) is 4.72. The monoisotopic (exact) mass is 395 g/mol. The smallest absolute Gasteiger partial charge is 0.188 e. The van der Waals surface area contributed by atoms with E-state index in [9.17, 15) is 0 Å². The number of nitrogens with zero attached hydrogens (tertiary/aromatic N) is 1. The molecule has 0 fully saturated rings. The van der Waals surface area contributed by atoms with Crippen molar-refractivity contribution in [3.05, 3.63) is 77.9 Å². The Morgan fingerprint density at radius 2 is 1.93 bits per heavy atom. The second-order valence-electron chi connectivity index (χ2n) is 7.41. The molecule has 3 rings (SSSR count). The lowest BCUT2D eigenvalue weighted by Gasteiger charge is -2.18. The second-order valence-corrected chi connectivity index (χ2v) is 8.74. The maximum atomic E-state index is 5.87. The highest BCUT2D eigenvalue weighted by atomic mass is 31.1. The van der Waals surface area contributed by atoms with Gasteiger partial charge in [-0.2, -0.15) is 0 Å². The molecule has 0 spiro atoms. The van der Waals surface area contributed by atoms with E-state index in [2.05, 4.69) is 85.8 Å². The van der Waals surface area contributed by atoms with Crippen LogP contribution in [0, 0.1) is 5.92 Å². The number of hydrogen-bond donors (Lipinski definition) is 0. The number of methoxy groups -OCH3 is 1. The second kappa shape index (κ2) is 10.6. The van der Waals surface area contributed by atoms with Gasteiger partial charge in [0.05, 0.1) is 0 Å². The fraction of sp³-hybridized carbons (Fsp3) is 0.333. The van der Waals surface area contributed by atoms with E-state index in [0.29, 0.717) is 14.5 Å². The predicted molar refractivity (Wildman–Crippen MR) is 120 cm³/mol. The molecule has 2 atom stereocenters. The summed E-state index contributed by atoms with van der Waals surface area (Å²) in [5.41, 5.74) is 2.73. The average molecular weight is 395 g/mol. The van der Waals surface area contributed by atoms with Crippen LogP contribution in [0.4, 0.5) is 0 Å². The van der Waals surface area contributed by atoms with Gasteiger partial charge < -0.3 is 14.4 Å². The lowest BCUT2D eigenvalue weighted by atomic mass is 9.93. The van der Waals surface area contributed by atoms with Crippen LogP contribution >= 0.6 is 8.58 Å². The molecule has 2 unspecified atom stereocenters. The van der Waals surface area contributed by atoms with Crippen molar-refractivity contribution in [3.63, 3.8) is 0 Å². The van der Waals surface area contributed by atoms with Crippen molar-refractivity contribution in [2.45, 2.75) is 19.4 Å². The van der Waals surface area contributed by atoms with Crippen molar-refractivity contribution in [3.8, 4) is 5.75 Å². The van der Waals surface area contributed by atoms with E-state index < -0.39 is 0 Å². The number of rotatable bonds is 9. The summed E-state index contributed by atoms with van der Waals surface area (Å²) in [7, 11) is 6.43. The minimum absolute atomic E-state index is 0.270. The van der Waals surface area contributed by atoms with E-state index in [1.165, 1.54) is 21.7 Å². The first kappa shape index (κ1) is 20.8. The molecule has 0 bridgehead atoms. The van der Waals surface area contributed by atoms with Crippen LogP contribution in [-0.4, -0.2) is 32.9 Å². The maximum absolute atomic E-state index is 5.87. The molecule has 4 heteroatoms. The fourth-order valence-corrected chi connectivity index (χ4v) is 4.73.